The minimum atomic E-state index is -2.17. The first-order chi connectivity index (χ1) is 11.4. The number of aliphatic hydroxyl groups is 3. The van der Waals surface area contributed by atoms with Crippen LogP contribution in [0.2, 0.25) is 0 Å². The zero-order valence-electron chi connectivity index (χ0n) is 12.7. The molecule has 0 aliphatic carbocycles. The van der Waals surface area contributed by atoms with Gasteiger partial charge in [0.1, 0.15) is 24.4 Å². The van der Waals surface area contributed by atoms with Crippen molar-refractivity contribution in [3.8, 4) is 11.8 Å². The lowest BCUT2D eigenvalue weighted by atomic mass is 9.93. The largest absolute Gasteiger partial charge is 0.391 e. The highest BCUT2D eigenvalue weighted by Crippen LogP contribution is 2.40. The van der Waals surface area contributed by atoms with E-state index in [1.54, 1.807) is 0 Å². The van der Waals surface area contributed by atoms with Crippen molar-refractivity contribution >= 4 is 17.1 Å². The molecule has 1 fully saturated rings. The summed E-state index contributed by atoms with van der Waals surface area (Å²) in [7, 11) is 0. The summed E-state index contributed by atoms with van der Waals surface area (Å²) in [6.45, 7) is 0.381. The van der Waals surface area contributed by atoms with E-state index in [0.29, 0.717) is 5.52 Å². The number of aliphatic hydroxyl groups excluding tert-OH is 2. The molecule has 1 aliphatic heterocycles. The fourth-order valence-corrected chi connectivity index (χ4v) is 2.70. The molecular formula is C14H16FN5O4. The number of halogens is 1. The fourth-order valence-electron chi connectivity index (χ4n) is 2.70. The van der Waals surface area contributed by atoms with Gasteiger partial charge in [0.05, 0.1) is 18.6 Å². The number of anilines is 1. The van der Waals surface area contributed by atoms with E-state index >= 15 is 0 Å². The molecule has 9 nitrogen and oxygen atoms in total. The quantitative estimate of drug-likeness (QED) is 0.499. The molecule has 0 amide bonds. The van der Waals surface area contributed by atoms with Crippen molar-refractivity contribution in [1.29, 1.82) is 0 Å². The molecule has 0 saturated carbocycles. The molecule has 2 aromatic rings. The van der Waals surface area contributed by atoms with Crippen molar-refractivity contribution < 1.29 is 24.4 Å². The maximum atomic E-state index is 12.5. The highest BCUT2D eigenvalue weighted by Gasteiger charge is 2.57. The van der Waals surface area contributed by atoms with E-state index in [2.05, 4.69) is 26.8 Å². The summed E-state index contributed by atoms with van der Waals surface area (Å²) in [5.74, 6) is 4.35. The van der Waals surface area contributed by atoms with E-state index in [-0.39, 0.29) is 11.6 Å². The van der Waals surface area contributed by atoms with Gasteiger partial charge >= 0.3 is 0 Å². The molecule has 0 aromatic carbocycles. The van der Waals surface area contributed by atoms with Crippen LogP contribution in [-0.4, -0.2) is 65.4 Å². The number of aromatic nitrogens is 4. The van der Waals surface area contributed by atoms with Crippen molar-refractivity contribution in [3.63, 3.8) is 0 Å². The summed E-state index contributed by atoms with van der Waals surface area (Å²) in [5, 5.41) is 30.9. The Labute approximate surface area is 135 Å². The molecule has 1 saturated heterocycles. The highest BCUT2D eigenvalue weighted by atomic mass is 19.1. The monoisotopic (exact) mass is 337 g/mol. The van der Waals surface area contributed by atoms with Gasteiger partial charge in [-0.05, 0) is 6.92 Å². The van der Waals surface area contributed by atoms with Crippen LogP contribution in [0.5, 0.6) is 0 Å². The first-order valence-electron chi connectivity index (χ1n) is 7.13. The van der Waals surface area contributed by atoms with Crippen LogP contribution in [0.25, 0.3) is 11.2 Å². The van der Waals surface area contributed by atoms with Gasteiger partial charge in [0.25, 0.3) is 0 Å². The third-order valence-corrected chi connectivity index (χ3v) is 3.84. The summed E-state index contributed by atoms with van der Waals surface area (Å²) in [4.78, 5) is 11.9. The van der Waals surface area contributed by atoms with Crippen LogP contribution in [0.3, 0.4) is 0 Å². The minimum Gasteiger partial charge on any atom is -0.391 e. The van der Waals surface area contributed by atoms with Crippen molar-refractivity contribution in [2.75, 3.05) is 12.4 Å². The normalized spacial score (nSPS) is 31.0. The van der Waals surface area contributed by atoms with Crippen LogP contribution in [0.15, 0.2) is 12.5 Å². The lowest BCUT2D eigenvalue weighted by Crippen LogP contribution is -2.47. The van der Waals surface area contributed by atoms with Gasteiger partial charge in [0.2, 0.25) is 5.95 Å². The average molecular weight is 337 g/mol. The molecule has 5 atom stereocenters. The van der Waals surface area contributed by atoms with Gasteiger partial charge in [-0.1, -0.05) is 11.8 Å². The van der Waals surface area contributed by atoms with Crippen molar-refractivity contribution in [1.82, 2.24) is 19.5 Å². The van der Waals surface area contributed by atoms with Crippen LogP contribution in [0, 0.1) is 11.8 Å². The summed E-state index contributed by atoms with van der Waals surface area (Å²) >= 11 is 0. The highest BCUT2D eigenvalue weighted by molar-refractivity contribution is 5.70. The van der Waals surface area contributed by atoms with Gasteiger partial charge in [-0.15, -0.1) is 0 Å². The summed E-state index contributed by atoms with van der Waals surface area (Å²) in [5.41, 5.74) is 4.02. The zero-order valence-corrected chi connectivity index (χ0v) is 12.7. The average Bonchev–Trinajstić information content (AvgIpc) is 3.05. The lowest BCUT2D eigenvalue weighted by Gasteiger charge is -2.26. The van der Waals surface area contributed by atoms with Gasteiger partial charge in [-0.25, -0.2) is 14.4 Å². The number of rotatable bonds is 2. The zero-order chi connectivity index (χ0) is 17.5. The standard InChI is InChI=1S/C14H16FN5O4/c1-7(21)9-10(22)14(23,3-2-4-15)12(24-9)20-6-18-8-5-17-13(16)19-11(8)20/h5-7,9-10,12,21-23H,4H2,1H3,(H2,16,17,19)/t7-,9-,10+,12-,14?/m1/s1. The van der Waals surface area contributed by atoms with Crippen molar-refractivity contribution in [3.05, 3.63) is 12.5 Å². The second-order valence-corrected chi connectivity index (χ2v) is 5.49. The van der Waals surface area contributed by atoms with Gasteiger partial charge in [-0.2, -0.15) is 4.98 Å². The molecule has 1 unspecified atom stereocenters. The molecule has 0 spiro atoms. The summed E-state index contributed by atoms with van der Waals surface area (Å²) in [6, 6.07) is 0. The summed E-state index contributed by atoms with van der Waals surface area (Å²) < 4.78 is 19.4. The van der Waals surface area contributed by atoms with Crippen molar-refractivity contribution in [2.45, 2.75) is 37.1 Å². The van der Waals surface area contributed by atoms with Crippen LogP contribution in [-0.2, 0) is 4.74 Å². The topological polar surface area (TPSA) is 140 Å². The Morgan fingerprint density at radius 1 is 1.54 bits per heavy atom. The Balaban J connectivity index is 2.13. The Morgan fingerprint density at radius 3 is 2.96 bits per heavy atom. The Kier molecular flexibility index (Phi) is 4.10. The van der Waals surface area contributed by atoms with E-state index in [4.69, 9.17) is 10.5 Å². The van der Waals surface area contributed by atoms with E-state index < -0.39 is 36.8 Å². The molecule has 0 radical (unpaired) electrons. The number of imidazole rings is 1. The number of ether oxygens (including phenoxy) is 1. The van der Waals surface area contributed by atoms with Crippen LogP contribution >= 0.6 is 0 Å². The predicted octanol–water partition coefficient (Wildman–Crippen LogP) is -1.25. The molecule has 5 N–H and O–H groups in total. The third-order valence-electron chi connectivity index (χ3n) is 3.84. The first-order valence-corrected chi connectivity index (χ1v) is 7.13. The SMILES string of the molecule is C[C@@H](O)[C@H]1O[C@@H](n2cnc3cnc(N)nc32)C(O)(C#CCF)[C@H]1O. The third kappa shape index (κ3) is 2.47. The number of nitrogens with zero attached hydrogens (tertiary/aromatic N) is 4. The Hall–Kier alpha value is -2.32. The van der Waals surface area contributed by atoms with Crippen LogP contribution < -0.4 is 5.73 Å². The second-order valence-electron chi connectivity index (χ2n) is 5.49. The van der Waals surface area contributed by atoms with Gasteiger partial charge in [0.15, 0.2) is 17.5 Å². The molecule has 24 heavy (non-hydrogen) atoms. The number of hydrogen-bond donors (Lipinski definition) is 4. The number of nitrogen functional groups attached to an aromatic ring is 1. The Morgan fingerprint density at radius 2 is 2.29 bits per heavy atom. The predicted molar refractivity (Wildman–Crippen MR) is 80.0 cm³/mol. The number of alkyl halides is 1. The van der Waals surface area contributed by atoms with Crippen LogP contribution in [0.1, 0.15) is 13.2 Å². The molecule has 128 valence electrons. The van der Waals surface area contributed by atoms with Gasteiger partial charge in [-0.3, -0.25) is 4.57 Å². The smallest absolute Gasteiger partial charge is 0.222 e. The fraction of sp³-hybridized carbons (Fsp3) is 0.500. The number of fused-ring (bicyclic) bond motifs is 1. The molecule has 2 aromatic heterocycles. The van der Waals surface area contributed by atoms with Gasteiger partial charge in [0, 0.05) is 0 Å². The molecule has 0 bridgehead atoms. The number of hydrogen-bond acceptors (Lipinski definition) is 8. The van der Waals surface area contributed by atoms with E-state index in [1.807, 2.05) is 0 Å². The molecule has 3 rings (SSSR count). The first kappa shape index (κ1) is 16.5. The maximum Gasteiger partial charge on any atom is 0.222 e. The maximum absolute atomic E-state index is 12.5. The summed E-state index contributed by atoms with van der Waals surface area (Å²) in [6.07, 6.45) is -2.38. The molecular weight excluding hydrogens is 321 g/mol. The van der Waals surface area contributed by atoms with Gasteiger partial charge < -0.3 is 25.8 Å². The molecule has 3 heterocycles. The second kappa shape index (κ2) is 5.95. The van der Waals surface area contributed by atoms with E-state index in [9.17, 15) is 19.7 Å². The minimum absolute atomic E-state index is 0.0201. The molecule has 1 aliphatic rings. The van der Waals surface area contributed by atoms with Crippen LogP contribution in [0.4, 0.5) is 10.3 Å². The molecule has 10 heteroatoms. The Bertz CT molecular complexity index is 816. The van der Waals surface area contributed by atoms with E-state index in [1.165, 1.54) is 24.0 Å². The number of nitrogens with two attached hydrogens (primary N) is 1. The lowest BCUT2D eigenvalue weighted by molar-refractivity contribution is -0.0847. The van der Waals surface area contributed by atoms with E-state index in [0.717, 1.165) is 0 Å². The van der Waals surface area contributed by atoms with Crippen molar-refractivity contribution in [2.24, 2.45) is 0 Å².